The summed E-state index contributed by atoms with van der Waals surface area (Å²) >= 11 is 0. The maximum absolute atomic E-state index is 6.15. The second kappa shape index (κ2) is 5.22. The van der Waals surface area contributed by atoms with E-state index in [2.05, 4.69) is 30.8 Å². The van der Waals surface area contributed by atoms with Crippen LogP contribution in [-0.2, 0) is 4.74 Å². The third-order valence-electron chi connectivity index (χ3n) is 4.50. The normalized spacial score (nSPS) is 36.9. The molecule has 2 atom stereocenters. The fourth-order valence-electron chi connectivity index (χ4n) is 2.99. The van der Waals surface area contributed by atoms with E-state index in [1.165, 1.54) is 25.9 Å². The first-order chi connectivity index (χ1) is 8.01. The van der Waals surface area contributed by atoms with Crippen molar-refractivity contribution in [3.8, 4) is 0 Å². The Kier molecular flexibility index (Phi) is 4.08. The van der Waals surface area contributed by atoms with Gasteiger partial charge in [-0.15, -0.1) is 0 Å². The summed E-state index contributed by atoms with van der Waals surface area (Å²) in [7, 11) is 4.37. The average molecular weight is 241 g/mol. The lowest BCUT2D eigenvalue weighted by molar-refractivity contribution is 0.0846. The van der Waals surface area contributed by atoms with Gasteiger partial charge in [-0.25, -0.2) is 0 Å². The van der Waals surface area contributed by atoms with Crippen LogP contribution in [0.1, 0.15) is 19.8 Å². The number of rotatable bonds is 3. The zero-order valence-electron chi connectivity index (χ0n) is 11.5. The minimum Gasteiger partial charge on any atom is -0.379 e. The molecule has 4 heteroatoms. The maximum atomic E-state index is 6.15. The number of nitrogens with zero attached hydrogens (tertiary/aromatic N) is 2. The zero-order valence-corrected chi connectivity index (χ0v) is 11.5. The quantitative estimate of drug-likeness (QED) is 0.775. The Bertz CT molecular complexity index is 251. The summed E-state index contributed by atoms with van der Waals surface area (Å²) in [6.07, 6.45) is 2.55. The van der Waals surface area contributed by atoms with Gasteiger partial charge < -0.3 is 20.3 Å². The Balaban J connectivity index is 1.82. The molecule has 0 saturated carbocycles. The summed E-state index contributed by atoms with van der Waals surface area (Å²) in [6, 6.07) is 0.960. The lowest BCUT2D eigenvalue weighted by atomic mass is 9.84. The Labute approximate surface area is 105 Å². The first-order valence-corrected chi connectivity index (χ1v) is 6.73. The van der Waals surface area contributed by atoms with Crippen molar-refractivity contribution < 1.29 is 4.74 Å². The smallest absolute Gasteiger partial charge is 0.0624 e. The van der Waals surface area contributed by atoms with Crippen molar-refractivity contribution in [2.24, 2.45) is 11.1 Å². The minimum absolute atomic E-state index is 0.158. The molecule has 17 heavy (non-hydrogen) atoms. The van der Waals surface area contributed by atoms with E-state index in [1.54, 1.807) is 0 Å². The molecule has 2 N–H and O–H groups in total. The molecular formula is C13H27N3O. The van der Waals surface area contributed by atoms with E-state index >= 15 is 0 Å². The van der Waals surface area contributed by atoms with Crippen LogP contribution in [0.3, 0.4) is 0 Å². The topological polar surface area (TPSA) is 41.7 Å². The van der Waals surface area contributed by atoms with Gasteiger partial charge in [0.05, 0.1) is 13.2 Å². The molecule has 0 aromatic carbocycles. The highest BCUT2D eigenvalue weighted by atomic mass is 16.5. The fourth-order valence-corrected chi connectivity index (χ4v) is 2.99. The third-order valence-corrected chi connectivity index (χ3v) is 4.50. The van der Waals surface area contributed by atoms with E-state index in [9.17, 15) is 0 Å². The van der Waals surface area contributed by atoms with Crippen LogP contribution in [0.15, 0.2) is 0 Å². The predicted molar refractivity (Wildman–Crippen MR) is 70.1 cm³/mol. The average Bonchev–Trinajstić information content (AvgIpc) is 2.60. The van der Waals surface area contributed by atoms with Gasteiger partial charge in [0.25, 0.3) is 0 Å². The van der Waals surface area contributed by atoms with E-state index in [1.807, 2.05) is 0 Å². The van der Waals surface area contributed by atoms with Crippen LogP contribution in [0, 0.1) is 5.41 Å². The lowest BCUT2D eigenvalue weighted by Gasteiger charge is -2.39. The Morgan fingerprint density at radius 1 is 1.35 bits per heavy atom. The molecule has 0 aromatic rings. The first kappa shape index (κ1) is 13.3. The van der Waals surface area contributed by atoms with Gasteiger partial charge in [-0.2, -0.15) is 0 Å². The van der Waals surface area contributed by atoms with E-state index in [4.69, 9.17) is 10.5 Å². The highest BCUT2D eigenvalue weighted by Crippen LogP contribution is 2.29. The molecule has 2 fully saturated rings. The molecule has 2 aliphatic rings. The van der Waals surface area contributed by atoms with Gasteiger partial charge in [0.2, 0.25) is 0 Å². The van der Waals surface area contributed by atoms with Crippen LogP contribution >= 0.6 is 0 Å². The van der Waals surface area contributed by atoms with Crippen molar-refractivity contribution in [1.29, 1.82) is 0 Å². The predicted octanol–water partition coefficient (Wildman–Crippen LogP) is 0.376. The summed E-state index contributed by atoms with van der Waals surface area (Å²) in [5, 5.41) is 0. The van der Waals surface area contributed by atoms with Crippen LogP contribution in [0.5, 0.6) is 0 Å². The molecule has 0 spiro atoms. The molecule has 2 rings (SSSR count). The van der Waals surface area contributed by atoms with Gasteiger partial charge in [0, 0.05) is 24.0 Å². The number of likely N-dealkylation sites (tertiary alicyclic amines) is 1. The number of ether oxygens (including phenoxy) is 1. The summed E-state index contributed by atoms with van der Waals surface area (Å²) in [5.74, 6) is 0. The number of nitrogens with two attached hydrogens (primary N) is 1. The van der Waals surface area contributed by atoms with Crippen LogP contribution < -0.4 is 5.73 Å². The molecule has 2 unspecified atom stereocenters. The fraction of sp³-hybridized carbons (Fsp3) is 1.00. The number of piperidine rings is 1. The number of hydrogen-bond acceptors (Lipinski definition) is 4. The van der Waals surface area contributed by atoms with Crippen molar-refractivity contribution in [1.82, 2.24) is 9.80 Å². The van der Waals surface area contributed by atoms with Crippen molar-refractivity contribution in [3.63, 3.8) is 0 Å². The second-order valence-corrected chi connectivity index (χ2v) is 6.25. The number of hydrogen-bond donors (Lipinski definition) is 1. The van der Waals surface area contributed by atoms with E-state index in [0.29, 0.717) is 0 Å². The van der Waals surface area contributed by atoms with Gasteiger partial charge in [0.15, 0.2) is 0 Å². The summed E-state index contributed by atoms with van der Waals surface area (Å²) in [6.45, 7) is 7.31. The van der Waals surface area contributed by atoms with Crippen LogP contribution in [0.4, 0.5) is 0 Å². The largest absolute Gasteiger partial charge is 0.379 e. The van der Waals surface area contributed by atoms with Crippen LogP contribution in [0.2, 0.25) is 0 Å². The van der Waals surface area contributed by atoms with Crippen LogP contribution in [0.25, 0.3) is 0 Å². The Morgan fingerprint density at radius 3 is 2.47 bits per heavy atom. The van der Waals surface area contributed by atoms with E-state index < -0.39 is 0 Å². The maximum Gasteiger partial charge on any atom is 0.0624 e. The summed E-state index contributed by atoms with van der Waals surface area (Å²) in [4.78, 5) is 4.91. The standard InChI is InChI=1S/C13H27N3O/c1-13(10-17-8-12(13)14)9-16-6-4-11(5-7-16)15(2)3/h11-12H,4-10,14H2,1-3H3. The Hall–Kier alpha value is -0.160. The van der Waals surface area contributed by atoms with E-state index in [0.717, 1.165) is 25.8 Å². The Morgan fingerprint density at radius 2 is 2.00 bits per heavy atom. The molecule has 0 radical (unpaired) electrons. The van der Waals surface area contributed by atoms with Crippen molar-refractivity contribution in [3.05, 3.63) is 0 Å². The monoisotopic (exact) mass is 241 g/mol. The zero-order chi connectivity index (χ0) is 12.5. The van der Waals surface area contributed by atoms with Crippen molar-refractivity contribution in [2.45, 2.75) is 31.8 Å². The van der Waals surface area contributed by atoms with Gasteiger partial charge in [-0.3, -0.25) is 0 Å². The molecule has 0 amide bonds. The highest BCUT2D eigenvalue weighted by Gasteiger charge is 2.39. The second-order valence-electron chi connectivity index (χ2n) is 6.25. The van der Waals surface area contributed by atoms with Crippen LogP contribution in [-0.4, -0.2) is 68.8 Å². The molecule has 2 saturated heterocycles. The summed E-state index contributed by atoms with van der Waals surface area (Å²) in [5.41, 5.74) is 6.30. The third kappa shape index (κ3) is 2.99. The SMILES string of the molecule is CN(C)C1CCN(CC2(C)COCC2N)CC1. The molecule has 0 bridgehead atoms. The molecule has 0 aliphatic carbocycles. The van der Waals surface area contributed by atoms with E-state index in [-0.39, 0.29) is 11.5 Å². The minimum atomic E-state index is 0.158. The first-order valence-electron chi connectivity index (χ1n) is 6.73. The molecule has 2 heterocycles. The molecular weight excluding hydrogens is 214 g/mol. The van der Waals surface area contributed by atoms with Crippen molar-refractivity contribution in [2.75, 3.05) is 46.9 Å². The molecule has 2 aliphatic heterocycles. The van der Waals surface area contributed by atoms with Gasteiger partial charge in [-0.1, -0.05) is 6.92 Å². The molecule has 0 aromatic heterocycles. The van der Waals surface area contributed by atoms with Gasteiger partial charge in [-0.05, 0) is 40.0 Å². The van der Waals surface area contributed by atoms with Gasteiger partial charge in [0.1, 0.15) is 0 Å². The summed E-state index contributed by atoms with van der Waals surface area (Å²) < 4.78 is 5.51. The van der Waals surface area contributed by atoms with Crippen molar-refractivity contribution >= 4 is 0 Å². The molecule has 100 valence electrons. The van der Waals surface area contributed by atoms with Gasteiger partial charge >= 0.3 is 0 Å². The highest BCUT2D eigenvalue weighted by molar-refractivity contribution is 4.93. The molecule has 4 nitrogen and oxygen atoms in total. The lowest BCUT2D eigenvalue weighted by Crippen LogP contribution is -2.50.